The predicted octanol–water partition coefficient (Wildman–Crippen LogP) is 7.42. The van der Waals surface area contributed by atoms with E-state index in [4.69, 9.17) is 28.4 Å². The Morgan fingerprint density at radius 3 is 1.40 bits per heavy atom. The number of aromatic nitrogens is 4. The zero-order valence-corrected chi connectivity index (χ0v) is 31.0. The number of methoxy groups -OCH3 is 2. The van der Waals surface area contributed by atoms with E-state index in [1.54, 1.807) is 14.2 Å². The molecule has 4 aromatic carbocycles. The van der Waals surface area contributed by atoms with Crippen molar-refractivity contribution in [3.05, 3.63) is 121 Å². The molecule has 10 nitrogen and oxygen atoms in total. The van der Waals surface area contributed by atoms with Crippen LogP contribution in [0.4, 0.5) is 0 Å². The van der Waals surface area contributed by atoms with Crippen molar-refractivity contribution in [3.63, 3.8) is 0 Å². The van der Waals surface area contributed by atoms with Crippen molar-refractivity contribution in [2.45, 2.75) is 36.9 Å². The summed E-state index contributed by atoms with van der Waals surface area (Å²) in [5.74, 6) is 0.0847. The standard InChI is InChI=1S/2C19H19BrN2O3/c2*1-23-15-8-6-14(7-9-15)19(12-20)24-11-16(25-19)10-22-13-21-17-4-2-3-5-18(17)22/h2*2-9,13,16H,10-12H2,1H3/t2*16-,19-/m11/s1. The number of hydrogen-bond donors (Lipinski definition) is 0. The molecule has 2 saturated heterocycles. The quantitative estimate of drug-likeness (QED) is 0.132. The lowest BCUT2D eigenvalue weighted by Gasteiger charge is -2.26. The van der Waals surface area contributed by atoms with Crippen molar-refractivity contribution >= 4 is 53.9 Å². The van der Waals surface area contributed by atoms with Gasteiger partial charge < -0.3 is 37.6 Å². The van der Waals surface area contributed by atoms with E-state index in [9.17, 15) is 0 Å². The minimum Gasteiger partial charge on any atom is -0.497 e. The van der Waals surface area contributed by atoms with Crippen LogP contribution in [0.1, 0.15) is 11.1 Å². The third-order valence-electron chi connectivity index (χ3n) is 8.99. The van der Waals surface area contributed by atoms with Gasteiger partial charge in [0, 0.05) is 11.1 Å². The second-order valence-corrected chi connectivity index (χ2v) is 13.2. The highest BCUT2D eigenvalue weighted by Crippen LogP contribution is 2.38. The van der Waals surface area contributed by atoms with E-state index in [0.29, 0.717) is 37.0 Å². The lowest BCUT2D eigenvalue weighted by molar-refractivity contribution is -0.158. The Bertz CT molecular complexity index is 1870. The number of hydrogen-bond acceptors (Lipinski definition) is 8. The summed E-state index contributed by atoms with van der Waals surface area (Å²) in [5.41, 5.74) is 6.14. The van der Waals surface area contributed by atoms with Crippen molar-refractivity contribution in [3.8, 4) is 11.5 Å². The first kappa shape index (κ1) is 34.7. The largest absolute Gasteiger partial charge is 0.497 e. The van der Waals surface area contributed by atoms with Gasteiger partial charge in [-0.3, -0.25) is 0 Å². The maximum Gasteiger partial charge on any atom is 0.205 e. The number of ether oxygens (including phenoxy) is 6. The lowest BCUT2D eigenvalue weighted by atomic mass is 10.1. The van der Waals surface area contributed by atoms with Gasteiger partial charge in [0.25, 0.3) is 0 Å². The van der Waals surface area contributed by atoms with E-state index in [1.807, 2.05) is 97.6 Å². The smallest absolute Gasteiger partial charge is 0.205 e. The van der Waals surface area contributed by atoms with Crippen LogP contribution in [-0.4, -0.2) is 69.4 Å². The number of imidazole rings is 2. The van der Waals surface area contributed by atoms with Gasteiger partial charge in [-0.15, -0.1) is 0 Å². The summed E-state index contributed by atoms with van der Waals surface area (Å²) in [7, 11) is 3.31. The highest BCUT2D eigenvalue weighted by molar-refractivity contribution is 9.09. The highest BCUT2D eigenvalue weighted by atomic mass is 79.9. The molecule has 0 saturated carbocycles. The Morgan fingerprint density at radius 2 is 1.02 bits per heavy atom. The summed E-state index contributed by atoms with van der Waals surface area (Å²) in [4.78, 5) is 8.88. The minimum absolute atomic E-state index is 0.0442. The molecule has 8 rings (SSSR count). The SMILES string of the molecule is COc1ccc([C@]2(CBr)OC[C@@H](Cn3cnc4ccccc43)O2)cc1.COc1ccc([C@]2(CBr)OC[C@@H](Cn3cnc4ccccc43)O2)cc1. The third-order valence-corrected chi connectivity index (χ3v) is 10.5. The van der Waals surface area contributed by atoms with Gasteiger partial charge in [-0.1, -0.05) is 56.1 Å². The lowest BCUT2D eigenvalue weighted by Crippen LogP contribution is -2.30. The second-order valence-electron chi connectivity index (χ2n) is 12.1. The van der Waals surface area contributed by atoms with E-state index in [1.165, 1.54) is 0 Å². The number of benzene rings is 4. The van der Waals surface area contributed by atoms with Crippen molar-refractivity contribution in [1.82, 2.24) is 19.1 Å². The van der Waals surface area contributed by atoms with Gasteiger partial charge in [0.05, 0.1) is 85.9 Å². The number of nitrogens with zero attached hydrogens (tertiary/aromatic N) is 4. The fourth-order valence-electron chi connectivity index (χ4n) is 6.35. The molecule has 6 aromatic rings. The van der Waals surface area contributed by atoms with Gasteiger partial charge in [-0.2, -0.15) is 0 Å². The summed E-state index contributed by atoms with van der Waals surface area (Å²) >= 11 is 7.10. The van der Waals surface area contributed by atoms with Gasteiger partial charge in [0.15, 0.2) is 0 Å². The molecular weight excluding hydrogens is 768 g/mol. The second kappa shape index (κ2) is 15.2. The summed E-state index contributed by atoms with van der Waals surface area (Å²) in [6.45, 7) is 2.46. The van der Waals surface area contributed by atoms with Gasteiger partial charge in [-0.25, -0.2) is 9.97 Å². The Hall–Kier alpha value is -3.78. The summed E-state index contributed by atoms with van der Waals surface area (Å²) in [5, 5.41) is 1.13. The van der Waals surface area contributed by atoms with Crippen molar-refractivity contribution in [2.75, 3.05) is 38.1 Å². The van der Waals surface area contributed by atoms with Crippen LogP contribution >= 0.6 is 31.9 Å². The Morgan fingerprint density at radius 1 is 0.620 bits per heavy atom. The first-order valence-electron chi connectivity index (χ1n) is 16.3. The number of rotatable bonds is 10. The fourth-order valence-corrected chi connectivity index (χ4v) is 7.58. The Labute approximate surface area is 307 Å². The Kier molecular flexibility index (Phi) is 10.6. The van der Waals surface area contributed by atoms with E-state index in [2.05, 4.69) is 63.1 Å². The molecule has 0 unspecified atom stereocenters. The van der Waals surface area contributed by atoms with Gasteiger partial charge >= 0.3 is 0 Å². The zero-order valence-electron chi connectivity index (χ0n) is 27.8. The summed E-state index contributed by atoms with van der Waals surface area (Å²) in [6.07, 6.45) is 3.62. The normalized spacial score (nSPS) is 23.2. The topological polar surface area (TPSA) is 91.0 Å². The van der Waals surface area contributed by atoms with E-state index >= 15 is 0 Å². The van der Waals surface area contributed by atoms with Crippen LogP contribution in [0.15, 0.2) is 110 Å². The number of alkyl halides is 2. The van der Waals surface area contributed by atoms with E-state index < -0.39 is 11.6 Å². The first-order chi connectivity index (χ1) is 24.5. The van der Waals surface area contributed by atoms with Crippen LogP contribution in [0.3, 0.4) is 0 Å². The van der Waals surface area contributed by atoms with Crippen molar-refractivity contribution < 1.29 is 28.4 Å². The van der Waals surface area contributed by atoms with Gasteiger partial charge in [0.1, 0.15) is 23.7 Å². The molecule has 0 amide bonds. The van der Waals surface area contributed by atoms with Crippen LogP contribution in [0.5, 0.6) is 11.5 Å². The summed E-state index contributed by atoms with van der Waals surface area (Å²) < 4.78 is 39.5. The highest BCUT2D eigenvalue weighted by Gasteiger charge is 2.43. The molecular formula is C38H38Br2N4O6. The third kappa shape index (κ3) is 7.05. The molecule has 0 aliphatic carbocycles. The molecule has 0 bridgehead atoms. The molecule has 4 heterocycles. The van der Waals surface area contributed by atoms with Crippen LogP contribution < -0.4 is 9.47 Å². The fraction of sp³-hybridized carbons (Fsp3) is 0.316. The molecule has 2 aliphatic rings. The molecule has 0 N–H and O–H groups in total. The molecule has 50 heavy (non-hydrogen) atoms. The summed E-state index contributed by atoms with van der Waals surface area (Å²) in [6, 6.07) is 31.8. The molecule has 2 fully saturated rings. The molecule has 0 radical (unpaired) electrons. The maximum absolute atomic E-state index is 6.32. The molecule has 12 heteroatoms. The average molecular weight is 807 g/mol. The molecule has 4 atom stereocenters. The molecule has 260 valence electrons. The average Bonchev–Trinajstić information content (AvgIpc) is 3.99. The van der Waals surface area contributed by atoms with Gasteiger partial charge in [0.2, 0.25) is 11.6 Å². The van der Waals surface area contributed by atoms with Crippen LogP contribution in [0.25, 0.3) is 22.1 Å². The van der Waals surface area contributed by atoms with Gasteiger partial charge in [-0.05, 0) is 72.8 Å². The maximum atomic E-state index is 6.32. The monoisotopic (exact) mass is 804 g/mol. The molecule has 2 aliphatic heterocycles. The van der Waals surface area contributed by atoms with E-state index in [0.717, 1.165) is 44.7 Å². The Balaban J connectivity index is 0.000000157. The number of fused-ring (bicyclic) bond motifs is 2. The van der Waals surface area contributed by atoms with Crippen molar-refractivity contribution in [1.29, 1.82) is 0 Å². The predicted molar refractivity (Wildman–Crippen MR) is 198 cm³/mol. The van der Waals surface area contributed by atoms with Crippen LogP contribution in [0, 0.1) is 0 Å². The first-order valence-corrected chi connectivity index (χ1v) is 18.6. The number of halogens is 2. The van der Waals surface area contributed by atoms with Crippen molar-refractivity contribution in [2.24, 2.45) is 0 Å². The molecule has 2 aromatic heterocycles. The van der Waals surface area contributed by atoms with Crippen LogP contribution in [-0.2, 0) is 43.6 Å². The van der Waals surface area contributed by atoms with E-state index in [-0.39, 0.29) is 12.2 Å². The number of para-hydroxylation sites is 4. The van der Waals surface area contributed by atoms with Crippen LogP contribution in [0.2, 0.25) is 0 Å². The minimum atomic E-state index is -0.771. The zero-order chi connectivity index (χ0) is 34.6. The molecule has 0 spiro atoms.